The molecule has 0 spiro atoms. The number of H-pyrrole nitrogens is 1. The van der Waals surface area contributed by atoms with Crippen molar-refractivity contribution in [1.29, 1.82) is 0 Å². The summed E-state index contributed by atoms with van der Waals surface area (Å²) in [5, 5.41) is 11.1. The highest BCUT2D eigenvalue weighted by Crippen LogP contribution is 2.38. The van der Waals surface area contributed by atoms with Gasteiger partial charge in [-0.15, -0.1) is 12.4 Å². The van der Waals surface area contributed by atoms with E-state index < -0.39 is 0 Å². The van der Waals surface area contributed by atoms with E-state index in [1.807, 2.05) is 28.7 Å². The zero-order valence-corrected chi connectivity index (χ0v) is 19.7. The lowest BCUT2D eigenvalue weighted by atomic mass is 10.2. The Morgan fingerprint density at radius 1 is 1.28 bits per heavy atom. The average Bonchev–Trinajstić information content (AvgIpc) is 3.27. The summed E-state index contributed by atoms with van der Waals surface area (Å²) in [7, 11) is 0. The predicted octanol–water partition coefficient (Wildman–Crippen LogP) is 0.995. The highest BCUT2D eigenvalue weighted by molar-refractivity contribution is 7.19. The van der Waals surface area contributed by atoms with Crippen LogP contribution >= 0.6 is 23.7 Å². The Bertz CT molecular complexity index is 1350. The number of fused-ring (bicyclic) bond motifs is 2. The summed E-state index contributed by atoms with van der Waals surface area (Å²) in [5.74, 6) is 0.588. The summed E-state index contributed by atoms with van der Waals surface area (Å²) in [5.41, 5.74) is 9.20. The van der Waals surface area contributed by atoms with Crippen molar-refractivity contribution in [2.45, 2.75) is 45.8 Å². The standard InChI is InChI=1S/C21H26N8OS.ClH/c1-12-20(31-21(22)24-12)27-10-16-18(19(30)29(25-16)13(2)14-3-4-14)17(11-27)26-7-8-28-15(9-26)5-6-23-28;/h5-6,10,13-14,25H,3-4,7-9,11H2,1-2H3,(H2,22,24);1H/t13-;/m0./s1. The van der Waals surface area contributed by atoms with Gasteiger partial charge in [0.25, 0.3) is 5.56 Å². The molecule has 5 heterocycles. The Morgan fingerprint density at radius 2 is 2.09 bits per heavy atom. The van der Waals surface area contributed by atoms with Gasteiger partial charge in [0.15, 0.2) is 5.13 Å². The maximum atomic E-state index is 13.5. The van der Waals surface area contributed by atoms with Gasteiger partial charge >= 0.3 is 0 Å². The van der Waals surface area contributed by atoms with Gasteiger partial charge in [0.2, 0.25) is 0 Å². The molecule has 3 aromatic heterocycles. The minimum atomic E-state index is 0. The first-order chi connectivity index (χ1) is 15.0. The van der Waals surface area contributed by atoms with Gasteiger partial charge in [-0.25, -0.2) is 9.67 Å². The fourth-order valence-electron chi connectivity index (χ4n) is 4.84. The molecule has 32 heavy (non-hydrogen) atoms. The number of aryl methyl sites for hydroxylation is 1. The molecule has 9 nitrogen and oxygen atoms in total. The summed E-state index contributed by atoms with van der Waals surface area (Å²) in [6.45, 7) is 7.13. The molecule has 2 aliphatic heterocycles. The Morgan fingerprint density at radius 3 is 2.81 bits per heavy atom. The molecule has 170 valence electrons. The molecule has 0 amide bonds. The third-order valence-electron chi connectivity index (χ3n) is 6.72. The quantitative estimate of drug-likeness (QED) is 0.585. The Kier molecular flexibility index (Phi) is 5.09. The second kappa shape index (κ2) is 7.70. The van der Waals surface area contributed by atoms with Gasteiger partial charge in [-0.2, -0.15) is 5.10 Å². The first-order valence-corrected chi connectivity index (χ1v) is 11.6. The molecule has 0 bridgehead atoms. The molecule has 1 fully saturated rings. The van der Waals surface area contributed by atoms with Crippen molar-refractivity contribution in [3.63, 3.8) is 0 Å². The van der Waals surface area contributed by atoms with E-state index >= 15 is 0 Å². The van der Waals surface area contributed by atoms with Crippen molar-refractivity contribution in [1.82, 2.24) is 29.4 Å². The smallest absolute Gasteiger partial charge is 0.276 e. The molecule has 0 radical (unpaired) electrons. The molecule has 0 aromatic carbocycles. The van der Waals surface area contributed by atoms with Crippen LogP contribution in [0.2, 0.25) is 0 Å². The highest BCUT2D eigenvalue weighted by atomic mass is 35.5. The van der Waals surface area contributed by atoms with Crippen LogP contribution in [0.25, 0.3) is 11.9 Å². The second-order valence-corrected chi connectivity index (χ2v) is 9.78. The lowest BCUT2D eigenvalue weighted by molar-refractivity contribution is 0.298. The van der Waals surface area contributed by atoms with Crippen LogP contribution in [0.3, 0.4) is 0 Å². The van der Waals surface area contributed by atoms with Gasteiger partial charge in [0, 0.05) is 24.6 Å². The van der Waals surface area contributed by atoms with E-state index in [4.69, 9.17) is 5.73 Å². The minimum Gasteiger partial charge on any atom is -0.375 e. The maximum absolute atomic E-state index is 13.5. The number of anilines is 2. The molecule has 11 heteroatoms. The monoisotopic (exact) mass is 474 g/mol. The lowest BCUT2D eigenvalue weighted by Gasteiger charge is -2.34. The number of nitrogens with zero attached hydrogens (tertiary/aromatic N) is 6. The fourth-order valence-corrected chi connectivity index (χ4v) is 5.65. The first kappa shape index (κ1) is 21.1. The van der Waals surface area contributed by atoms with Crippen LogP contribution in [-0.2, 0) is 13.1 Å². The molecule has 3 N–H and O–H groups in total. The molecule has 6 rings (SSSR count). The molecule has 0 unspecified atom stereocenters. The number of thiazole rings is 1. The number of hydrogen-bond acceptors (Lipinski definition) is 7. The number of rotatable bonds is 4. The molecule has 1 aliphatic carbocycles. The predicted molar refractivity (Wildman–Crippen MR) is 128 cm³/mol. The van der Waals surface area contributed by atoms with Gasteiger partial charge < -0.3 is 15.5 Å². The van der Waals surface area contributed by atoms with Crippen LogP contribution in [0.4, 0.5) is 10.1 Å². The number of hydrogen-bond donors (Lipinski definition) is 2. The fraction of sp³-hybridized carbons (Fsp3) is 0.476. The maximum Gasteiger partial charge on any atom is 0.276 e. The lowest BCUT2D eigenvalue weighted by Crippen LogP contribution is -2.50. The van der Waals surface area contributed by atoms with E-state index in [-0.39, 0.29) is 24.0 Å². The highest BCUT2D eigenvalue weighted by Gasteiger charge is 2.32. The van der Waals surface area contributed by atoms with Gasteiger partial charge in [-0.05, 0) is 38.7 Å². The number of aromatic nitrogens is 5. The largest absolute Gasteiger partial charge is 0.375 e. The summed E-state index contributed by atoms with van der Waals surface area (Å²) < 4.78 is 3.88. The van der Waals surface area contributed by atoms with E-state index in [1.165, 1.54) is 29.9 Å². The third kappa shape index (κ3) is 3.32. The Hall–Kier alpha value is -2.72. The molecule has 0 saturated heterocycles. The Balaban J connectivity index is 0.00000216. The molecule has 1 atom stereocenters. The summed E-state index contributed by atoms with van der Waals surface area (Å²) in [6, 6.07) is 2.24. The van der Waals surface area contributed by atoms with Crippen LogP contribution in [-0.4, -0.2) is 42.5 Å². The van der Waals surface area contributed by atoms with Gasteiger partial charge in [-0.3, -0.25) is 14.6 Å². The van der Waals surface area contributed by atoms with E-state index in [0.717, 1.165) is 46.6 Å². The van der Waals surface area contributed by atoms with Crippen LogP contribution < -0.4 is 26.8 Å². The average molecular weight is 475 g/mol. The number of aromatic amines is 1. The number of halogens is 1. The first-order valence-electron chi connectivity index (χ1n) is 10.8. The summed E-state index contributed by atoms with van der Waals surface area (Å²) in [6.07, 6.45) is 6.28. The van der Waals surface area contributed by atoms with Gasteiger partial charge in [-0.1, -0.05) is 11.3 Å². The van der Waals surface area contributed by atoms with Crippen molar-refractivity contribution >= 4 is 45.8 Å². The zero-order chi connectivity index (χ0) is 21.3. The van der Waals surface area contributed by atoms with Crippen LogP contribution in [0.15, 0.2) is 17.1 Å². The molecular weight excluding hydrogens is 448 g/mol. The van der Waals surface area contributed by atoms with Gasteiger partial charge in [0.05, 0.1) is 47.6 Å². The normalized spacial score (nSPS) is 18.6. The SMILES string of the molecule is Cc1nc(N)sc1N1C=c2[nH]n([C@@H](C)C3CC3)c(=O)c2=C(N2CCn3nccc3C2)C1.Cl. The number of nitrogens with one attached hydrogen (secondary N) is 1. The minimum absolute atomic E-state index is 0. The van der Waals surface area contributed by atoms with Crippen molar-refractivity contribution in [3.05, 3.63) is 44.6 Å². The Labute approximate surface area is 195 Å². The van der Waals surface area contributed by atoms with Gasteiger partial charge in [0.1, 0.15) is 5.00 Å². The topological polar surface area (TPSA) is 101 Å². The molecule has 3 aromatic rings. The van der Waals surface area contributed by atoms with Crippen LogP contribution in [0, 0.1) is 12.8 Å². The van der Waals surface area contributed by atoms with Crippen LogP contribution in [0.1, 0.15) is 37.2 Å². The second-order valence-electron chi connectivity index (χ2n) is 8.77. The number of nitrogen functional groups attached to an aromatic ring is 1. The van der Waals surface area contributed by atoms with Crippen molar-refractivity contribution in [2.75, 3.05) is 23.7 Å². The van der Waals surface area contributed by atoms with E-state index in [2.05, 4.69) is 38.0 Å². The zero-order valence-electron chi connectivity index (χ0n) is 18.1. The van der Waals surface area contributed by atoms with Crippen molar-refractivity contribution in [3.8, 4) is 0 Å². The van der Waals surface area contributed by atoms with Crippen LogP contribution in [0.5, 0.6) is 0 Å². The molecule has 3 aliphatic rings. The molecular formula is C21H27ClN8OS. The van der Waals surface area contributed by atoms with E-state index in [9.17, 15) is 4.79 Å². The van der Waals surface area contributed by atoms with Crippen molar-refractivity contribution in [2.24, 2.45) is 5.92 Å². The molecule has 1 saturated carbocycles. The van der Waals surface area contributed by atoms with Crippen molar-refractivity contribution < 1.29 is 0 Å². The third-order valence-corrected chi connectivity index (χ3v) is 7.74. The van der Waals surface area contributed by atoms with E-state index in [0.29, 0.717) is 17.6 Å². The van der Waals surface area contributed by atoms with E-state index in [1.54, 1.807) is 0 Å². The summed E-state index contributed by atoms with van der Waals surface area (Å²) in [4.78, 5) is 22.5. The number of nitrogens with two attached hydrogens (primary N) is 1. The summed E-state index contributed by atoms with van der Waals surface area (Å²) >= 11 is 1.48.